The Morgan fingerprint density at radius 2 is 1.69 bits per heavy atom. The molecule has 3 aromatic rings. The van der Waals surface area contributed by atoms with Gasteiger partial charge in [0.25, 0.3) is 0 Å². The molecule has 32 heavy (non-hydrogen) atoms. The summed E-state index contributed by atoms with van der Waals surface area (Å²) in [4.78, 5) is 13.3. The topological polar surface area (TPSA) is 49.7 Å². The van der Waals surface area contributed by atoms with Gasteiger partial charge in [-0.2, -0.15) is 0 Å². The van der Waals surface area contributed by atoms with Crippen LogP contribution in [0, 0.1) is 6.92 Å². The van der Waals surface area contributed by atoms with Gasteiger partial charge in [0.05, 0.1) is 47.2 Å². The molecule has 4 rings (SSSR count). The van der Waals surface area contributed by atoms with Gasteiger partial charge in [-0.25, -0.2) is 4.79 Å². The molecular formula is C24H22Cl3NO4. The van der Waals surface area contributed by atoms with Crippen molar-refractivity contribution in [3.8, 4) is 33.9 Å². The van der Waals surface area contributed by atoms with E-state index < -0.39 is 5.97 Å². The van der Waals surface area contributed by atoms with Gasteiger partial charge in [-0.15, -0.1) is 0 Å². The van der Waals surface area contributed by atoms with Crippen molar-refractivity contribution in [2.45, 2.75) is 26.8 Å². The first-order valence-corrected chi connectivity index (χ1v) is 11.3. The van der Waals surface area contributed by atoms with E-state index in [0.717, 1.165) is 28.9 Å². The van der Waals surface area contributed by atoms with Gasteiger partial charge < -0.3 is 18.8 Å². The normalized spacial score (nSPS) is 12.2. The number of nitrogens with zero attached hydrogens (tertiary/aromatic N) is 1. The van der Waals surface area contributed by atoms with E-state index in [1.807, 2.05) is 19.1 Å². The van der Waals surface area contributed by atoms with Crippen molar-refractivity contribution in [2.75, 3.05) is 20.8 Å². The molecule has 0 atom stereocenters. The van der Waals surface area contributed by atoms with Crippen molar-refractivity contribution in [1.82, 2.24) is 4.57 Å². The molecule has 1 aliphatic rings. The number of halogens is 3. The fraction of sp³-hybridized carbons (Fsp3) is 0.292. The summed E-state index contributed by atoms with van der Waals surface area (Å²) in [5.74, 6) is 0.768. The zero-order valence-corrected chi connectivity index (χ0v) is 20.4. The van der Waals surface area contributed by atoms with Gasteiger partial charge in [0.1, 0.15) is 0 Å². The number of ether oxygens (including phenoxy) is 3. The van der Waals surface area contributed by atoms with Gasteiger partial charge in [-0.3, -0.25) is 0 Å². The Morgan fingerprint density at radius 3 is 2.34 bits per heavy atom. The quantitative estimate of drug-likeness (QED) is 0.288. The van der Waals surface area contributed by atoms with Crippen molar-refractivity contribution in [2.24, 2.45) is 0 Å². The maximum absolute atomic E-state index is 13.3. The molecule has 2 aromatic carbocycles. The Hall–Kier alpha value is -2.34. The Kier molecular flexibility index (Phi) is 6.35. The van der Waals surface area contributed by atoms with Gasteiger partial charge in [0, 0.05) is 28.9 Å². The largest absolute Gasteiger partial charge is 0.493 e. The van der Waals surface area contributed by atoms with Crippen LogP contribution in [0.2, 0.25) is 15.1 Å². The van der Waals surface area contributed by atoms with Crippen LogP contribution in [-0.2, 0) is 17.7 Å². The smallest absolute Gasteiger partial charge is 0.340 e. The average Bonchev–Trinajstić information content (AvgIpc) is 3.08. The van der Waals surface area contributed by atoms with Crippen LogP contribution in [0.3, 0.4) is 0 Å². The molecule has 1 aliphatic heterocycles. The first-order valence-electron chi connectivity index (χ1n) is 10.1. The number of carbonyl (C=O) groups excluding carboxylic acids is 1. The minimum Gasteiger partial charge on any atom is -0.493 e. The molecule has 1 aromatic heterocycles. The molecule has 8 heteroatoms. The predicted molar refractivity (Wildman–Crippen MR) is 128 cm³/mol. The van der Waals surface area contributed by atoms with Gasteiger partial charge in [0.15, 0.2) is 11.5 Å². The van der Waals surface area contributed by atoms with Crippen molar-refractivity contribution in [3.05, 3.63) is 56.2 Å². The van der Waals surface area contributed by atoms with Crippen LogP contribution in [0.5, 0.6) is 11.5 Å². The molecule has 0 spiro atoms. The molecule has 2 heterocycles. The average molecular weight is 495 g/mol. The number of hydrogen-bond donors (Lipinski definition) is 0. The van der Waals surface area contributed by atoms with Crippen LogP contribution in [0.25, 0.3) is 22.4 Å². The molecule has 0 bridgehead atoms. The van der Waals surface area contributed by atoms with Crippen LogP contribution in [0.4, 0.5) is 0 Å². The van der Waals surface area contributed by atoms with Gasteiger partial charge in [0.2, 0.25) is 0 Å². The number of aryl methyl sites for hydroxylation is 1. The van der Waals surface area contributed by atoms with Crippen LogP contribution in [-0.4, -0.2) is 31.4 Å². The maximum atomic E-state index is 13.3. The number of benzene rings is 2. The summed E-state index contributed by atoms with van der Waals surface area (Å²) in [6, 6.07) is 7.16. The minimum absolute atomic E-state index is 0.234. The van der Waals surface area contributed by atoms with Crippen molar-refractivity contribution < 1.29 is 19.0 Å². The molecule has 0 fully saturated rings. The molecule has 0 aliphatic carbocycles. The fourth-order valence-corrected chi connectivity index (χ4v) is 5.06. The molecule has 5 nitrogen and oxygen atoms in total. The second-order valence-electron chi connectivity index (χ2n) is 7.39. The second kappa shape index (κ2) is 8.89. The Morgan fingerprint density at radius 1 is 1.03 bits per heavy atom. The van der Waals surface area contributed by atoms with Crippen molar-refractivity contribution >= 4 is 40.8 Å². The van der Waals surface area contributed by atoms with E-state index in [1.54, 1.807) is 33.3 Å². The lowest BCUT2D eigenvalue weighted by Crippen LogP contribution is -2.15. The highest BCUT2D eigenvalue weighted by Crippen LogP contribution is 2.49. The molecule has 0 radical (unpaired) electrons. The number of hydrogen-bond acceptors (Lipinski definition) is 4. The highest BCUT2D eigenvalue weighted by Gasteiger charge is 2.34. The molecule has 0 saturated heterocycles. The molecule has 0 unspecified atom stereocenters. The number of fused-ring (bicyclic) bond motifs is 3. The van der Waals surface area contributed by atoms with E-state index in [9.17, 15) is 4.79 Å². The number of aromatic nitrogens is 1. The molecular weight excluding hydrogens is 473 g/mol. The van der Waals surface area contributed by atoms with Gasteiger partial charge >= 0.3 is 5.97 Å². The van der Waals surface area contributed by atoms with Crippen LogP contribution in [0.1, 0.15) is 28.5 Å². The van der Waals surface area contributed by atoms with Crippen molar-refractivity contribution in [3.63, 3.8) is 0 Å². The fourth-order valence-electron chi connectivity index (χ4n) is 4.34. The third-order valence-corrected chi connectivity index (χ3v) is 6.89. The third-order valence-electron chi connectivity index (χ3n) is 5.77. The van der Waals surface area contributed by atoms with Crippen LogP contribution < -0.4 is 9.47 Å². The lowest BCUT2D eigenvalue weighted by molar-refractivity contribution is 0.0528. The Bertz CT molecular complexity index is 1230. The Labute approximate surface area is 201 Å². The minimum atomic E-state index is -0.450. The van der Waals surface area contributed by atoms with Crippen LogP contribution >= 0.6 is 34.8 Å². The first-order chi connectivity index (χ1) is 15.3. The molecule has 0 N–H and O–H groups in total. The number of carbonyl (C=O) groups is 1. The SMILES string of the molecule is CCOC(=O)c1c(-c2c(Cl)ccc(Cl)c2Cl)c(C)n2c1-c1cc(OC)c(OC)cc1CC2. The standard InChI is InChI=1S/C24H22Cl3NO4/c1-5-32-24(29)21-19(20-15(25)6-7-16(26)22(20)27)12(2)28-9-8-13-10-17(30-3)18(31-4)11-14(13)23(21)28/h6-7,10-11H,5,8-9H2,1-4H3. The van der Waals surface area contributed by atoms with E-state index in [0.29, 0.717) is 49.8 Å². The van der Waals surface area contributed by atoms with E-state index in [-0.39, 0.29) is 6.61 Å². The van der Waals surface area contributed by atoms with E-state index >= 15 is 0 Å². The summed E-state index contributed by atoms with van der Waals surface area (Å²) in [7, 11) is 3.19. The molecule has 0 amide bonds. The molecule has 168 valence electrons. The maximum Gasteiger partial charge on any atom is 0.340 e. The number of methoxy groups -OCH3 is 2. The van der Waals surface area contributed by atoms with E-state index in [1.165, 1.54) is 0 Å². The summed E-state index contributed by atoms with van der Waals surface area (Å²) in [6.45, 7) is 4.62. The lowest BCUT2D eigenvalue weighted by atomic mass is 9.93. The van der Waals surface area contributed by atoms with Gasteiger partial charge in [-0.05, 0) is 50.1 Å². The number of rotatable bonds is 5. The lowest BCUT2D eigenvalue weighted by Gasteiger charge is -2.23. The Balaban J connectivity index is 2.11. The van der Waals surface area contributed by atoms with Crippen molar-refractivity contribution in [1.29, 1.82) is 0 Å². The summed E-state index contributed by atoms with van der Waals surface area (Å²) in [5.41, 5.74) is 5.07. The summed E-state index contributed by atoms with van der Waals surface area (Å²) >= 11 is 19.5. The van der Waals surface area contributed by atoms with Crippen LogP contribution in [0.15, 0.2) is 24.3 Å². The second-order valence-corrected chi connectivity index (χ2v) is 8.58. The van der Waals surface area contributed by atoms with E-state index in [2.05, 4.69) is 4.57 Å². The highest BCUT2D eigenvalue weighted by molar-refractivity contribution is 6.46. The summed E-state index contributed by atoms with van der Waals surface area (Å²) in [5, 5.41) is 1.06. The van der Waals surface area contributed by atoms with E-state index in [4.69, 9.17) is 49.0 Å². The summed E-state index contributed by atoms with van der Waals surface area (Å²) in [6.07, 6.45) is 0.761. The van der Waals surface area contributed by atoms with Gasteiger partial charge in [-0.1, -0.05) is 34.8 Å². The molecule has 0 saturated carbocycles. The highest BCUT2D eigenvalue weighted by atomic mass is 35.5. The summed E-state index contributed by atoms with van der Waals surface area (Å²) < 4.78 is 18.6. The predicted octanol–water partition coefficient (Wildman–Crippen LogP) is 6.84. The first kappa shape index (κ1) is 22.8. The zero-order chi connectivity index (χ0) is 23.2. The monoisotopic (exact) mass is 493 g/mol. The number of esters is 1. The third kappa shape index (κ3) is 3.53. The zero-order valence-electron chi connectivity index (χ0n) is 18.1.